The van der Waals surface area contributed by atoms with Crippen LogP contribution in [0.1, 0.15) is 0 Å². The SMILES string of the molecule is c1ccc(-n2c3ccccc3c3c(-c4cccc(N(c5ccc(-c6ccc(-c7cccc8ccccc78)cc6)cc5)c5ccc(-c6cccc7ccccc67)cc5)c4)cc4ccccc4c32)cc1. The van der Waals surface area contributed by atoms with Gasteiger partial charge in [-0.05, 0) is 132 Å². The molecule has 0 bridgehead atoms. The number of benzene rings is 12. The van der Waals surface area contributed by atoms with Gasteiger partial charge in [-0.2, -0.15) is 0 Å². The van der Waals surface area contributed by atoms with Gasteiger partial charge in [0.15, 0.2) is 0 Å². The highest BCUT2D eigenvalue weighted by Crippen LogP contribution is 2.45. The van der Waals surface area contributed by atoms with Gasteiger partial charge in [0.2, 0.25) is 0 Å². The lowest BCUT2D eigenvalue weighted by atomic mass is 9.94. The predicted molar refractivity (Wildman–Crippen MR) is 290 cm³/mol. The monoisotopic (exact) mass is 864 g/mol. The Morgan fingerprint density at radius 1 is 0.265 bits per heavy atom. The molecule has 0 spiro atoms. The van der Waals surface area contributed by atoms with Crippen LogP contribution >= 0.6 is 0 Å². The molecule has 318 valence electrons. The van der Waals surface area contributed by atoms with Gasteiger partial charge in [0.05, 0.1) is 11.0 Å². The second kappa shape index (κ2) is 16.5. The first kappa shape index (κ1) is 39.4. The van der Waals surface area contributed by atoms with E-state index in [-0.39, 0.29) is 0 Å². The molecule has 0 N–H and O–H groups in total. The van der Waals surface area contributed by atoms with E-state index >= 15 is 0 Å². The smallest absolute Gasteiger partial charge is 0.0625 e. The third-order valence-corrected chi connectivity index (χ3v) is 13.8. The highest BCUT2D eigenvalue weighted by molar-refractivity contribution is 6.24. The van der Waals surface area contributed by atoms with Crippen molar-refractivity contribution in [2.75, 3.05) is 4.90 Å². The Balaban J connectivity index is 0.945. The van der Waals surface area contributed by atoms with E-state index in [2.05, 4.69) is 276 Å². The molecule has 68 heavy (non-hydrogen) atoms. The summed E-state index contributed by atoms with van der Waals surface area (Å²) in [7, 11) is 0. The molecule has 0 aliphatic heterocycles. The van der Waals surface area contributed by atoms with Crippen molar-refractivity contribution in [3.63, 3.8) is 0 Å². The van der Waals surface area contributed by atoms with Gasteiger partial charge in [-0.15, -0.1) is 0 Å². The molecule has 2 heteroatoms. The van der Waals surface area contributed by atoms with Gasteiger partial charge in [-0.3, -0.25) is 0 Å². The maximum atomic E-state index is 2.45. The topological polar surface area (TPSA) is 8.17 Å². The molecular formula is C66H44N2. The van der Waals surface area contributed by atoms with Crippen LogP contribution in [0.25, 0.3) is 104 Å². The molecule has 13 aromatic rings. The third-order valence-electron chi connectivity index (χ3n) is 13.8. The van der Waals surface area contributed by atoms with E-state index in [9.17, 15) is 0 Å². The second-order valence-electron chi connectivity index (χ2n) is 17.7. The maximum Gasteiger partial charge on any atom is 0.0625 e. The Hall–Kier alpha value is -8.98. The molecule has 0 saturated carbocycles. The summed E-state index contributed by atoms with van der Waals surface area (Å²) >= 11 is 0. The zero-order valence-corrected chi connectivity index (χ0v) is 37.3. The summed E-state index contributed by atoms with van der Waals surface area (Å²) in [6, 6.07) is 97.4. The van der Waals surface area contributed by atoms with Crippen molar-refractivity contribution in [2.45, 2.75) is 0 Å². The van der Waals surface area contributed by atoms with Crippen LogP contribution in [0, 0.1) is 0 Å². The van der Waals surface area contributed by atoms with Crippen LogP contribution in [-0.4, -0.2) is 4.57 Å². The molecule has 0 atom stereocenters. The van der Waals surface area contributed by atoms with Crippen molar-refractivity contribution >= 4 is 71.2 Å². The van der Waals surface area contributed by atoms with Gasteiger partial charge in [0.25, 0.3) is 0 Å². The molecule has 0 unspecified atom stereocenters. The number of nitrogens with zero attached hydrogens (tertiary/aromatic N) is 2. The number of fused-ring (bicyclic) bond motifs is 7. The number of aromatic nitrogens is 1. The van der Waals surface area contributed by atoms with E-state index < -0.39 is 0 Å². The fraction of sp³-hybridized carbons (Fsp3) is 0. The molecule has 0 radical (unpaired) electrons. The van der Waals surface area contributed by atoms with Crippen molar-refractivity contribution in [1.82, 2.24) is 4.57 Å². The lowest BCUT2D eigenvalue weighted by Crippen LogP contribution is -2.10. The molecule has 12 aromatic carbocycles. The summed E-state index contributed by atoms with van der Waals surface area (Å²) in [4.78, 5) is 2.40. The Morgan fingerprint density at radius 2 is 0.735 bits per heavy atom. The van der Waals surface area contributed by atoms with Crippen LogP contribution in [0.4, 0.5) is 17.1 Å². The van der Waals surface area contributed by atoms with E-state index in [4.69, 9.17) is 0 Å². The molecule has 13 rings (SSSR count). The molecule has 2 nitrogen and oxygen atoms in total. The predicted octanol–water partition coefficient (Wildman–Crippen LogP) is 18.4. The van der Waals surface area contributed by atoms with E-state index in [0.29, 0.717) is 0 Å². The summed E-state index contributed by atoms with van der Waals surface area (Å²) in [5.74, 6) is 0. The zero-order valence-electron chi connectivity index (χ0n) is 37.3. The normalized spacial score (nSPS) is 11.5. The van der Waals surface area contributed by atoms with Crippen molar-refractivity contribution in [3.8, 4) is 50.2 Å². The van der Waals surface area contributed by atoms with Crippen LogP contribution < -0.4 is 4.90 Å². The van der Waals surface area contributed by atoms with E-state index in [1.165, 1.54) is 93.1 Å². The number of anilines is 3. The average molecular weight is 865 g/mol. The van der Waals surface area contributed by atoms with Crippen molar-refractivity contribution in [2.24, 2.45) is 0 Å². The summed E-state index contributed by atoms with van der Waals surface area (Å²) in [6.07, 6.45) is 0. The van der Waals surface area contributed by atoms with E-state index in [1.807, 2.05) is 0 Å². The fourth-order valence-electron chi connectivity index (χ4n) is 10.6. The van der Waals surface area contributed by atoms with Crippen molar-refractivity contribution in [3.05, 3.63) is 267 Å². The first-order valence-corrected chi connectivity index (χ1v) is 23.4. The minimum absolute atomic E-state index is 1.08. The molecular weight excluding hydrogens is 821 g/mol. The average Bonchev–Trinajstić information content (AvgIpc) is 3.77. The fourth-order valence-corrected chi connectivity index (χ4v) is 10.6. The molecule has 0 fully saturated rings. The second-order valence-corrected chi connectivity index (χ2v) is 17.7. The van der Waals surface area contributed by atoms with Crippen LogP contribution in [0.3, 0.4) is 0 Å². The molecule has 1 heterocycles. The Kier molecular flexibility index (Phi) is 9.54. The number of hydrogen-bond acceptors (Lipinski definition) is 1. The van der Waals surface area contributed by atoms with E-state index in [0.717, 1.165) is 28.3 Å². The van der Waals surface area contributed by atoms with Crippen LogP contribution in [0.5, 0.6) is 0 Å². The Labute approximate surface area is 395 Å². The lowest BCUT2D eigenvalue weighted by molar-refractivity contribution is 1.19. The maximum absolute atomic E-state index is 2.45. The quantitative estimate of drug-likeness (QED) is 0.148. The van der Waals surface area contributed by atoms with Crippen LogP contribution in [0.15, 0.2) is 267 Å². The Morgan fingerprint density at radius 3 is 1.37 bits per heavy atom. The number of rotatable bonds is 8. The number of hydrogen-bond donors (Lipinski definition) is 0. The van der Waals surface area contributed by atoms with Crippen LogP contribution in [-0.2, 0) is 0 Å². The molecule has 0 saturated heterocycles. The summed E-state index contributed by atoms with van der Waals surface area (Å²) in [5, 5.41) is 9.95. The summed E-state index contributed by atoms with van der Waals surface area (Å²) in [5.41, 5.74) is 16.4. The minimum Gasteiger partial charge on any atom is -0.310 e. The van der Waals surface area contributed by atoms with Gasteiger partial charge < -0.3 is 9.47 Å². The van der Waals surface area contributed by atoms with Crippen molar-refractivity contribution in [1.29, 1.82) is 0 Å². The van der Waals surface area contributed by atoms with Crippen molar-refractivity contribution < 1.29 is 0 Å². The highest BCUT2D eigenvalue weighted by Gasteiger charge is 2.21. The molecule has 0 aliphatic rings. The Bertz CT molecular complexity index is 3980. The standard InChI is InChI=1S/C66H44N2/c1-2-21-53(22-3-1)68-64-30-11-10-27-62(64)65-63(44-52-17-6-9-26-61(52)66(65)68)51-20-12-23-56(43-51)67(55-41-37-50(38-42-55)60-29-14-19-48-16-5-8-25-58(48)60)54-39-35-46(36-40-54)45-31-33-49(34-32-45)59-28-13-18-47-15-4-7-24-57(47)59/h1-44H. The first-order valence-electron chi connectivity index (χ1n) is 23.4. The zero-order chi connectivity index (χ0) is 45.0. The molecule has 0 aliphatic carbocycles. The minimum atomic E-state index is 1.08. The summed E-state index contributed by atoms with van der Waals surface area (Å²) < 4.78 is 2.45. The van der Waals surface area contributed by atoms with Gasteiger partial charge in [-0.1, -0.05) is 206 Å². The lowest BCUT2D eigenvalue weighted by Gasteiger charge is -2.26. The summed E-state index contributed by atoms with van der Waals surface area (Å²) in [6.45, 7) is 0. The first-order chi connectivity index (χ1) is 33.7. The molecule has 0 amide bonds. The van der Waals surface area contributed by atoms with Gasteiger partial charge >= 0.3 is 0 Å². The van der Waals surface area contributed by atoms with Gasteiger partial charge in [0, 0.05) is 38.9 Å². The molecule has 1 aromatic heterocycles. The van der Waals surface area contributed by atoms with Gasteiger partial charge in [-0.25, -0.2) is 0 Å². The van der Waals surface area contributed by atoms with E-state index in [1.54, 1.807) is 0 Å². The number of para-hydroxylation sites is 2. The van der Waals surface area contributed by atoms with Crippen LogP contribution in [0.2, 0.25) is 0 Å². The largest absolute Gasteiger partial charge is 0.310 e. The highest BCUT2D eigenvalue weighted by atomic mass is 15.1. The third kappa shape index (κ3) is 6.73. The van der Waals surface area contributed by atoms with Gasteiger partial charge in [0.1, 0.15) is 0 Å².